The lowest BCUT2D eigenvalue weighted by Crippen LogP contribution is -1.86. The Bertz CT molecular complexity index is 50.6. The summed E-state index contributed by atoms with van der Waals surface area (Å²) in [6, 6.07) is 0. The molecule has 0 bridgehead atoms. The van der Waals surface area contributed by atoms with E-state index in [1.165, 1.54) is 18.6 Å². The zero-order valence-electron chi connectivity index (χ0n) is 3.52. The lowest BCUT2D eigenvalue weighted by atomic mass is 10.4. The Morgan fingerprint density at radius 2 is 2.67 bits per heavy atom. The van der Waals surface area contributed by atoms with Gasteiger partial charge in [0.1, 0.15) is 0 Å². The van der Waals surface area contributed by atoms with E-state index >= 15 is 0 Å². The molecule has 0 aromatic rings. The monoisotopic (exact) mass is 119 g/mol. The predicted molar refractivity (Wildman–Crippen MR) is 35.1 cm³/mol. The molecule has 6 heavy (non-hydrogen) atoms. The van der Waals surface area contributed by atoms with Crippen LogP contribution in [0.25, 0.3) is 0 Å². The zero-order valence-corrected chi connectivity index (χ0v) is 5.15. The number of hydrogen-bond acceptors (Lipinski definition) is 1. The van der Waals surface area contributed by atoms with Crippen molar-refractivity contribution in [2.24, 2.45) is 0 Å². The SMILES string of the molecule is C1=[S+]SCCC1. The molecule has 0 aromatic carbocycles. The smallest absolute Gasteiger partial charge is 0.0308 e. The summed E-state index contributed by atoms with van der Waals surface area (Å²) in [4.78, 5) is 0. The average Bonchev–Trinajstić information content (AvgIpc) is 1.72. The van der Waals surface area contributed by atoms with Crippen LogP contribution in [0.2, 0.25) is 0 Å². The molecule has 0 N–H and O–H groups in total. The van der Waals surface area contributed by atoms with Crippen LogP contribution in [0.5, 0.6) is 0 Å². The van der Waals surface area contributed by atoms with Gasteiger partial charge in [-0.1, -0.05) is 0 Å². The van der Waals surface area contributed by atoms with Gasteiger partial charge in [-0.25, -0.2) is 0 Å². The van der Waals surface area contributed by atoms with Gasteiger partial charge in [-0.15, -0.1) is 0 Å². The van der Waals surface area contributed by atoms with Gasteiger partial charge in [0.25, 0.3) is 10.4 Å². The molecule has 1 rings (SSSR count). The molecule has 0 atom stereocenters. The molecule has 1 aliphatic heterocycles. The van der Waals surface area contributed by atoms with Gasteiger partial charge in [0.15, 0.2) is 16.2 Å². The summed E-state index contributed by atoms with van der Waals surface area (Å²) in [7, 11) is 3.84. The van der Waals surface area contributed by atoms with Crippen molar-refractivity contribution in [1.29, 1.82) is 0 Å². The Labute approximate surface area is 45.7 Å². The molecular formula is C4H7S2+. The summed E-state index contributed by atoms with van der Waals surface area (Å²) in [5.41, 5.74) is 0. The van der Waals surface area contributed by atoms with Crippen LogP contribution in [0.1, 0.15) is 12.8 Å². The van der Waals surface area contributed by atoms with E-state index in [0.29, 0.717) is 0 Å². The van der Waals surface area contributed by atoms with Gasteiger partial charge in [0, 0.05) is 6.42 Å². The molecule has 0 nitrogen and oxygen atoms in total. The van der Waals surface area contributed by atoms with Gasteiger partial charge in [0.2, 0.25) is 0 Å². The highest BCUT2D eigenvalue weighted by Gasteiger charge is 2.02. The second kappa shape index (κ2) is 2.59. The van der Waals surface area contributed by atoms with Crippen LogP contribution in [0.15, 0.2) is 0 Å². The molecule has 34 valence electrons. The molecule has 0 aromatic heterocycles. The molecule has 0 spiro atoms. The van der Waals surface area contributed by atoms with Crippen LogP contribution in [0.4, 0.5) is 0 Å². The van der Waals surface area contributed by atoms with E-state index in [9.17, 15) is 0 Å². The minimum atomic E-state index is 1.32. The van der Waals surface area contributed by atoms with Crippen molar-refractivity contribution in [3.63, 3.8) is 0 Å². The van der Waals surface area contributed by atoms with E-state index in [1.54, 1.807) is 0 Å². The number of hydrogen-bond donors (Lipinski definition) is 0. The Hall–Kier alpha value is 0.440. The van der Waals surface area contributed by atoms with Crippen molar-refractivity contribution in [1.82, 2.24) is 0 Å². The summed E-state index contributed by atoms with van der Waals surface area (Å²) >= 11 is 0. The van der Waals surface area contributed by atoms with Gasteiger partial charge >= 0.3 is 0 Å². The van der Waals surface area contributed by atoms with E-state index in [1.807, 2.05) is 21.2 Å². The van der Waals surface area contributed by atoms with E-state index in [0.717, 1.165) is 0 Å². The first-order valence-corrected chi connectivity index (χ1v) is 4.48. The Morgan fingerprint density at radius 1 is 1.67 bits per heavy atom. The topological polar surface area (TPSA) is 0 Å². The molecule has 0 amide bonds. The zero-order chi connectivity index (χ0) is 4.24. The fourth-order valence-corrected chi connectivity index (χ4v) is 2.33. The first-order valence-electron chi connectivity index (χ1n) is 2.10. The molecular weight excluding hydrogens is 112 g/mol. The van der Waals surface area contributed by atoms with Crippen LogP contribution in [0.3, 0.4) is 0 Å². The highest BCUT2D eigenvalue weighted by Crippen LogP contribution is 2.06. The third-order valence-corrected chi connectivity index (χ3v) is 2.97. The van der Waals surface area contributed by atoms with E-state index < -0.39 is 0 Å². The lowest BCUT2D eigenvalue weighted by molar-refractivity contribution is 1.03. The van der Waals surface area contributed by atoms with Crippen LogP contribution >= 0.6 is 10.8 Å². The maximum atomic E-state index is 2.27. The molecule has 0 unspecified atom stereocenters. The van der Waals surface area contributed by atoms with Crippen molar-refractivity contribution in [2.75, 3.05) is 5.75 Å². The molecule has 0 aliphatic carbocycles. The fraction of sp³-hybridized carbons (Fsp3) is 0.750. The second-order valence-corrected chi connectivity index (χ2v) is 3.68. The van der Waals surface area contributed by atoms with Crippen LogP contribution in [-0.2, 0) is 10.4 Å². The van der Waals surface area contributed by atoms with Crippen LogP contribution in [-0.4, -0.2) is 11.1 Å². The summed E-state index contributed by atoms with van der Waals surface area (Å²) in [5, 5.41) is 2.27. The minimum Gasteiger partial charge on any atom is -0.0308 e. The highest BCUT2D eigenvalue weighted by atomic mass is 33.1. The van der Waals surface area contributed by atoms with E-state index in [-0.39, 0.29) is 0 Å². The summed E-state index contributed by atoms with van der Waals surface area (Å²) < 4.78 is 0. The quantitative estimate of drug-likeness (QED) is 0.263. The lowest BCUT2D eigenvalue weighted by Gasteiger charge is -1.83. The standard InChI is InChI=1S/C4H7S2/c1-2-4-6-5-3-1/h3H,1-2,4H2/q+1. The maximum Gasteiger partial charge on any atom is 0.255 e. The maximum absolute atomic E-state index is 2.27. The highest BCUT2D eigenvalue weighted by molar-refractivity contribution is 8.65. The predicted octanol–water partition coefficient (Wildman–Crippen LogP) is 1.31. The van der Waals surface area contributed by atoms with Crippen molar-refractivity contribution >= 4 is 26.5 Å². The summed E-state index contributed by atoms with van der Waals surface area (Å²) in [6.07, 6.45) is 2.70. The van der Waals surface area contributed by atoms with Crippen LogP contribution < -0.4 is 0 Å². The Kier molecular flexibility index (Phi) is 1.98. The van der Waals surface area contributed by atoms with Crippen LogP contribution in [0, 0.1) is 0 Å². The third kappa shape index (κ3) is 1.27. The first kappa shape index (κ1) is 4.60. The third-order valence-electron chi connectivity index (χ3n) is 0.686. The fourth-order valence-electron chi connectivity index (χ4n) is 0.370. The second-order valence-electron chi connectivity index (χ2n) is 1.23. The largest absolute Gasteiger partial charge is 0.255 e. The molecule has 1 aliphatic rings. The Morgan fingerprint density at radius 3 is 2.83 bits per heavy atom. The molecule has 2 heteroatoms. The van der Waals surface area contributed by atoms with Gasteiger partial charge in [-0.05, 0) is 6.42 Å². The van der Waals surface area contributed by atoms with Gasteiger partial charge in [-0.2, -0.15) is 0 Å². The minimum absolute atomic E-state index is 1.32. The molecule has 0 fully saturated rings. The molecule has 0 radical (unpaired) electrons. The van der Waals surface area contributed by atoms with Crippen molar-refractivity contribution in [3.8, 4) is 0 Å². The van der Waals surface area contributed by atoms with Gasteiger partial charge in [-0.3, -0.25) is 0 Å². The summed E-state index contributed by atoms with van der Waals surface area (Å²) in [5.74, 6) is 1.35. The van der Waals surface area contributed by atoms with E-state index in [4.69, 9.17) is 0 Å². The molecule has 0 saturated heterocycles. The summed E-state index contributed by atoms with van der Waals surface area (Å²) in [6.45, 7) is 0. The van der Waals surface area contributed by atoms with Crippen molar-refractivity contribution < 1.29 is 0 Å². The number of rotatable bonds is 0. The van der Waals surface area contributed by atoms with Crippen molar-refractivity contribution in [3.05, 3.63) is 0 Å². The Balaban J connectivity index is 2.26. The molecule has 1 heterocycles. The van der Waals surface area contributed by atoms with Gasteiger partial charge < -0.3 is 0 Å². The molecule has 0 saturated carbocycles. The normalized spacial score (nSPS) is 21.3. The first-order chi connectivity index (χ1) is 3.00. The van der Waals surface area contributed by atoms with E-state index in [2.05, 4.69) is 5.37 Å². The van der Waals surface area contributed by atoms with Gasteiger partial charge in [0.05, 0.1) is 5.75 Å². The average molecular weight is 119 g/mol. The van der Waals surface area contributed by atoms with Crippen molar-refractivity contribution in [2.45, 2.75) is 12.8 Å².